The van der Waals surface area contributed by atoms with Gasteiger partial charge in [0.15, 0.2) is 5.82 Å². The van der Waals surface area contributed by atoms with E-state index in [4.69, 9.17) is 10.1 Å². The first-order valence-electron chi connectivity index (χ1n) is 10.5. The standard InChI is InChI=1S/C24H29N3O2/c1-3-5-6-12-22-25-23(9-4-2)27(26-22)17-18-13-15-19(16-14-18)20-10-7-8-11-21(20)24(28)29/h7-8,10-11,13-16H,3-6,9,12,17H2,1-2H3,(H,28,29). The molecule has 0 saturated carbocycles. The summed E-state index contributed by atoms with van der Waals surface area (Å²) in [5, 5.41) is 14.2. The second-order valence-electron chi connectivity index (χ2n) is 7.36. The average molecular weight is 392 g/mol. The van der Waals surface area contributed by atoms with E-state index in [0.29, 0.717) is 12.1 Å². The van der Waals surface area contributed by atoms with Gasteiger partial charge in [-0.25, -0.2) is 14.5 Å². The Balaban J connectivity index is 1.78. The largest absolute Gasteiger partial charge is 0.478 e. The first-order chi connectivity index (χ1) is 14.1. The van der Waals surface area contributed by atoms with Gasteiger partial charge in [-0.2, -0.15) is 5.10 Å². The van der Waals surface area contributed by atoms with Crippen molar-refractivity contribution in [2.75, 3.05) is 0 Å². The summed E-state index contributed by atoms with van der Waals surface area (Å²) in [6.07, 6.45) is 6.42. The van der Waals surface area contributed by atoms with Crippen molar-refractivity contribution in [3.8, 4) is 11.1 Å². The normalized spacial score (nSPS) is 11.0. The number of carboxylic acid groups (broad SMARTS) is 1. The number of aromatic nitrogens is 3. The zero-order valence-corrected chi connectivity index (χ0v) is 17.3. The van der Waals surface area contributed by atoms with Crippen LogP contribution in [0.3, 0.4) is 0 Å². The fourth-order valence-corrected chi connectivity index (χ4v) is 3.48. The molecule has 3 rings (SSSR count). The van der Waals surface area contributed by atoms with Gasteiger partial charge in [0.1, 0.15) is 5.82 Å². The zero-order valence-electron chi connectivity index (χ0n) is 17.3. The number of carbonyl (C=O) groups is 1. The van der Waals surface area contributed by atoms with Crippen molar-refractivity contribution < 1.29 is 9.90 Å². The molecule has 0 aliphatic heterocycles. The van der Waals surface area contributed by atoms with Gasteiger partial charge in [-0.1, -0.05) is 69.2 Å². The van der Waals surface area contributed by atoms with Gasteiger partial charge < -0.3 is 5.11 Å². The number of hydrogen-bond donors (Lipinski definition) is 1. The van der Waals surface area contributed by atoms with Gasteiger partial charge in [-0.05, 0) is 35.6 Å². The molecule has 0 spiro atoms. The average Bonchev–Trinajstić information content (AvgIpc) is 3.10. The van der Waals surface area contributed by atoms with Crippen molar-refractivity contribution >= 4 is 5.97 Å². The molecule has 0 saturated heterocycles. The molecule has 0 bridgehead atoms. The lowest BCUT2D eigenvalue weighted by molar-refractivity contribution is 0.0697. The third-order valence-corrected chi connectivity index (χ3v) is 5.02. The molecule has 0 aliphatic carbocycles. The van der Waals surface area contributed by atoms with Crippen molar-refractivity contribution in [1.82, 2.24) is 14.8 Å². The van der Waals surface area contributed by atoms with Crippen LogP contribution in [0.2, 0.25) is 0 Å². The van der Waals surface area contributed by atoms with Crippen LogP contribution in [0.5, 0.6) is 0 Å². The zero-order chi connectivity index (χ0) is 20.6. The Hall–Kier alpha value is -2.95. The Kier molecular flexibility index (Phi) is 7.17. The molecule has 1 aromatic heterocycles. The van der Waals surface area contributed by atoms with Crippen molar-refractivity contribution in [1.29, 1.82) is 0 Å². The van der Waals surface area contributed by atoms with Gasteiger partial charge in [-0.3, -0.25) is 0 Å². The van der Waals surface area contributed by atoms with Crippen LogP contribution in [-0.2, 0) is 19.4 Å². The maximum atomic E-state index is 11.5. The fraction of sp³-hybridized carbons (Fsp3) is 0.375. The molecule has 5 nitrogen and oxygen atoms in total. The van der Waals surface area contributed by atoms with E-state index in [2.05, 4.69) is 13.8 Å². The number of unbranched alkanes of at least 4 members (excludes halogenated alkanes) is 2. The second kappa shape index (κ2) is 10.0. The summed E-state index contributed by atoms with van der Waals surface area (Å²) in [4.78, 5) is 16.2. The van der Waals surface area contributed by atoms with E-state index in [1.807, 2.05) is 41.1 Å². The van der Waals surface area contributed by atoms with Crippen LogP contribution in [0.4, 0.5) is 0 Å². The molecule has 3 aromatic rings. The molecular weight excluding hydrogens is 362 g/mol. The summed E-state index contributed by atoms with van der Waals surface area (Å²) in [6, 6.07) is 15.1. The number of aromatic carboxylic acids is 1. The third kappa shape index (κ3) is 5.31. The predicted molar refractivity (Wildman–Crippen MR) is 115 cm³/mol. The Morgan fingerprint density at radius 2 is 1.72 bits per heavy atom. The van der Waals surface area contributed by atoms with Gasteiger partial charge in [-0.15, -0.1) is 0 Å². The molecular formula is C24H29N3O2. The molecule has 0 aliphatic rings. The number of benzene rings is 2. The molecule has 29 heavy (non-hydrogen) atoms. The van der Waals surface area contributed by atoms with Crippen molar-refractivity contribution in [2.24, 2.45) is 0 Å². The van der Waals surface area contributed by atoms with E-state index in [9.17, 15) is 9.90 Å². The Morgan fingerprint density at radius 3 is 2.41 bits per heavy atom. The highest BCUT2D eigenvalue weighted by atomic mass is 16.4. The monoisotopic (exact) mass is 391 g/mol. The first-order valence-corrected chi connectivity index (χ1v) is 10.5. The van der Waals surface area contributed by atoms with Gasteiger partial charge in [0, 0.05) is 12.8 Å². The van der Waals surface area contributed by atoms with E-state index < -0.39 is 5.97 Å². The van der Waals surface area contributed by atoms with Gasteiger partial charge in [0.2, 0.25) is 0 Å². The maximum absolute atomic E-state index is 11.5. The summed E-state index contributed by atoms with van der Waals surface area (Å²) in [7, 11) is 0. The first kappa shape index (κ1) is 20.8. The smallest absolute Gasteiger partial charge is 0.336 e. The third-order valence-electron chi connectivity index (χ3n) is 5.02. The molecule has 0 radical (unpaired) electrons. The van der Waals surface area contributed by atoms with Crippen LogP contribution in [0.25, 0.3) is 11.1 Å². The highest BCUT2D eigenvalue weighted by Gasteiger charge is 2.12. The van der Waals surface area contributed by atoms with E-state index in [1.54, 1.807) is 12.1 Å². The van der Waals surface area contributed by atoms with E-state index in [1.165, 1.54) is 12.8 Å². The number of nitrogens with zero attached hydrogens (tertiary/aromatic N) is 3. The summed E-state index contributed by atoms with van der Waals surface area (Å²) in [6.45, 7) is 5.04. The molecule has 2 aromatic carbocycles. The molecule has 0 fully saturated rings. The maximum Gasteiger partial charge on any atom is 0.336 e. The minimum Gasteiger partial charge on any atom is -0.478 e. The van der Waals surface area contributed by atoms with Crippen molar-refractivity contribution in [3.05, 3.63) is 71.3 Å². The van der Waals surface area contributed by atoms with Gasteiger partial charge in [0.25, 0.3) is 0 Å². The van der Waals surface area contributed by atoms with Crippen molar-refractivity contribution in [3.63, 3.8) is 0 Å². The quantitative estimate of drug-likeness (QED) is 0.471. The SMILES string of the molecule is CCCCCc1nc(CCC)n(Cc2ccc(-c3ccccc3C(=O)O)cc2)n1. The van der Waals surface area contributed by atoms with Crippen LogP contribution >= 0.6 is 0 Å². The van der Waals surface area contributed by atoms with Gasteiger partial charge in [0.05, 0.1) is 12.1 Å². The highest BCUT2D eigenvalue weighted by Crippen LogP contribution is 2.24. The second-order valence-corrected chi connectivity index (χ2v) is 7.36. The van der Waals surface area contributed by atoms with Crippen LogP contribution in [0.1, 0.15) is 67.1 Å². The lowest BCUT2D eigenvalue weighted by Crippen LogP contribution is -2.07. The molecule has 1 N–H and O–H groups in total. The molecule has 0 amide bonds. The van der Waals surface area contributed by atoms with E-state index >= 15 is 0 Å². The number of hydrogen-bond acceptors (Lipinski definition) is 3. The summed E-state index contributed by atoms with van der Waals surface area (Å²) >= 11 is 0. The van der Waals surface area contributed by atoms with Crippen LogP contribution in [0.15, 0.2) is 48.5 Å². The lowest BCUT2D eigenvalue weighted by atomic mass is 9.99. The van der Waals surface area contributed by atoms with Crippen LogP contribution in [0, 0.1) is 0 Å². The number of rotatable bonds is 10. The van der Waals surface area contributed by atoms with Crippen LogP contribution < -0.4 is 0 Å². The van der Waals surface area contributed by atoms with E-state index in [-0.39, 0.29) is 0 Å². The Labute approximate surface area is 172 Å². The lowest BCUT2D eigenvalue weighted by Gasteiger charge is -2.09. The molecule has 152 valence electrons. The van der Waals surface area contributed by atoms with Crippen LogP contribution in [-0.4, -0.2) is 25.8 Å². The summed E-state index contributed by atoms with van der Waals surface area (Å²) in [5.41, 5.74) is 3.08. The molecule has 5 heteroatoms. The Morgan fingerprint density at radius 1 is 0.966 bits per heavy atom. The summed E-state index contributed by atoms with van der Waals surface area (Å²) in [5.74, 6) is 1.07. The minimum atomic E-state index is -0.910. The fourth-order valence-electron chi connectivity index (χ4n) is 3.48. The topological polar surface area (TPSA) is 68.0 Å². The number of carboxylic acids is 1. The molecule has 0 unspecified atom stereocenters. The number of aryl methyl sites for hydroxylation is 2. The van der Waals surface area contributed by atoms with Crippen molar-refractivity contribution in [2.45, 2.75) is 58.9 Å². The molecule has 1 heterocycles. The Bertz CT molecular complexity index is 945. The summed E-state index contributed by atoms with van der Waals surface area (Å²) < 4.78 is 2.02. The highest BCUT2D eigenvalue weighted by molar-refractivity contribution is 5.95. The predicted octanol–water partition coefficient (Wildman–Crippen LogP) is 5.38. The minimum absolute atomic E-state index is 0.318. The molecule has 0 atom stereocenters. The van der Waals surface area contributed by atoms with Gasteiger partial charge >= 0.3 is 5.97 Å². The van der Waals surface area contributed by atoms with E-state index in [0.717, 1.165) is 54.0 Å².